The molecule has 3 N–H and O–H groups in total. The van der Waals surface area contributed by atoms with Gasteiger partial charge in [-0.2, -0.15) is 0 Å². The monoisotopic (exact) mass is 359 g/mol. The van der Waals surface area contributed by atoms with Gasteiger partial charge in [0.25, 0.3) is 5.91 Å². The fourth-order valence-corrected chi connectivity index (χ4v) is 2.59. The molecular weight excluding hydrogens is 338 g/mol. The standard InChI is InChI=1S/C18H21N3O5/c1-4-13(14(23)15-18(2,3)10-26-17(25)19-15)20-21-16(24)12-8-6-5-7-11(12)9-22/h4-9,13,15,20H,1,10H2,2-3H3,(H,19,25)(H,21,24)/t13-,15-/m1/s1. The minimum Gasteiger partial charge on any atom is -0.449 e. The minimum absolute atomic E-state index is 0.0954. The lowest BCUT2D eigenvalue weighted by Crippen LogP contribution is -2.61. The van der Waals surface area contributed by atoms with Gasteiger partial charge in [0, 0.05) is 11.0 Å². The van der Waals surface area contributed by atoms with Crippen molar-refractivity contribution in [1.82, 2.24) is 16.2 Å². The first-order valence-corrected chi connectivity index (χ1v) is 8.00. The molecule has 1 fully saturated rings. The van der Waals surface area contributed by atoms with E-state index in [0.717, 1.165) is 0 Å². The van der Waals surface area contributed by atoms with Crippen molar-refractivity contribution in [3.63, 3.8) is 0 Å². The Balaban J connectivity index is 2.08. The van der Waals surface area contributed by atoms with E-state index in [9.17, 15) is 19.2 Å². The average molecular weight is 359 g/mol. The lowest BCUT2D eigenvalue weighted by molar-refractivity contribution is -0.127. The van der Waals surface area contributed by atoms with Crippen molar-refractivity contribution in [3.8, 4) is 0 Å². The lowest BCUT2D eigenvalue weighted by Gasteiger charge is -2.38. The minimum atomic E-state index is -0.940. The van der Waals surface area contributed by atoms with E-state index in [0.29, 0.717) is 6.29 Å². The smallest absolute Gasteiger partial charge is 0.407 e. The first kappa shape index (κ1) is 19.3. The normalized spacial score (nSPS) is 19.5. The molecule has 0 saturated carbocycles. The number of amides is 2. The summed E-state index contributed by atoms with van der Waals surface area (Å²) in [6.07, 6.45) is 1.23. The van der Waals surface area contributed by atoms with E-state index in [1.54, 1.807) is 26.0 Å². The number of carbonyl (C=O) groups is 4. The summed E-state index contributed by atoms with van der Waals surface area (Å²) in [5.74, 6) is -0.937. The van der Waals surface area contributed by atoms with Gasteiger partial charge in [-0.25, -0.2) is 10.2 Å². The molecule has 2 amide bonds. The summed E-state index contributed by atoms with van der Waals surface area (Å²) in [5, 5.41) is 2.50. The van der Waals surface area contributed by atoms with E-state index in [4.69, 9.17) is 4.74 Å². The summed E-state index contributed by atoms with van der Waals surface area (Å²) in [6, 6.07) is 4.52. The number of benzene rings is 1. The number of hydrogen-bond acceptors (Lipinski definition) is 6. The zero-order valence-electron chi connectivity index (χ0n) is 14.6. The highest BCUT2D eigenvalue weighted by Gasteiger charge is 2.43. The van der Waals surface area contributed by atoms with Crippen LogP contribution in [0.25, 0.3) is 0 Å². The van der Waals surface area contributed by atoms with Gasteiger partial charge in [-0.3, -0.25) is 19.8 Å². The summed E-state index contributed by atoms with van der Waals surface area (Å²) >= 11 is 0. The van der Waals surface area contributed by atoms with Crippen molar-refractivity contribution in [2.24, 2.45) is 5.41 Å². The number of cyclic esters (lactones) is 1. The number of hydrazine groups is 1. The van der Waals surface area contributed by atoms with E-state index in [1.807, 2.05) is 0 Å². The molecule has 1 aromatic carbocycles. The number of hydrogen-bond donors (Lipinski definition) is 3. The molecular formula is C18H21N3O5. The van der Waals surface area contributed by atoms with Crippen molar-refractivity contribution in [2.75, 3.05) is 6.61 Å². The predicted molar refractivity (Wildman–Crippen MR) is 93.5 cm³/mol. The molecule has 0 bridgehead atoms. The van der Waals surface area contributed by atoms with Crippen LogP contribution >= 0.6 is 0 Å². The lowest BCUT2D eigenvalue weighted by atomic mass is 9.80. The van der Waals surface area contributed by atoms with Gasteiger partial charge in [0.2, 0.25) is 0 Å². The van der Waals surface area contributed by atoms with Crippen LogP contribution in [0.2, 0.25) is 0 Å². The molecule has 1 saturated heterocycles. The SMILES string of the molecule is C=C[C@@H](NNC(=O)c1ccccc1C=O)C(=O)[C@H]1NC(=O)OCC1(C)C. The topological polar surface area (TPSA) is 114 Å². The third-order valence-corrected chi connectivity index (χ3v) is 4.12. The zero-order chi connectivity index (χ0) is 19.3. The second kappa shape index (κ2) is 7.92. The molecule has 8 heteroatoms. The molecule has 2 atom stereocenters. The van der Waals surface area contributed by atoms with Gasteiger partial charge in [-0.15, -0.1) is 6.58 Å². The molecule has 2 rings (SSSR count). The molecule has 0 unspecified atom stereocenters. The van der Waals surface area contributed by atoms with Crippen molar-refractivity contribution in [2.45, 2.75) is 25.9 Å². The summed E-state index contributed by atoms with van der Waals surface area (Å²) in [4.78, 5) is 47.5. The van der Waals surface area contributed by atoms with Crippen LogP contribution in [0.1, 0.15) is 34.6 Å². The Morgan fingerprint density at radius 2 is 2.08 bits per heavy atom. The quantitative estimate of drug-likeness (QED) is 0.380. The number of ether oxygens (including phenoxy) is 1. The highest BCUT2D eigenvalue weighted by atomic mass is 16.6. The van der Waals surface area contributed by atoms with Crippen molar-refractivity contribution in [3.05, 3.63) is 48.0 Å². The van der Waals surface area contributed by atoms with Crippen molar-refractivity contribution >= 4 is 24.1 Å². The van der Waals surface area contributed by atoms with Crippen LogP contribution in [0.4, 0.5) is 4.79 Å². The second-order valence-corrected chi connectivity index (χ2v) is 6.56. The van der Waals surface area contributed by atoms with E-state index in [-0.39, 0.29) is 23.5 Å². The van der Waals surface area contributed by atoms with Gasteiger partial charge in [-0.05, 0) is 6.07 Å². The Morgan fingerprint density at radius 1 is 1.38 bits per heavy atom. The molecule has 0 aromatic heterocycles. The Labute approximate surface area is 150 Å². The largest absolute Gasteiger partial charge is 0.449 e. The van der Waals surface area contributed by atoms with Crippen molar-refractivity contribution in [1.29, 1.82) is 0 Å². The number of carbonyl (C=O) groups excluding carboxylic acids is 4. The summed E-state index contributed by atoms with van der Waals surface area (Å²) in [6.45, 7) is 7.26. The fraction of sp³-hybridized carbons (Fsp3) is 0.333. The van der Waals surface area contributed by atoms with Gasteiger partial charge >= 0.3 is 6.09 Å². The molecule has 138 valence electrons. The van der Waals surface area contributed by atoms with Gasteiger partial charge in [0.05, 0.1) is 5.56 Å². The molecule has 0 aliphatic carbocycles. The maximum atomic E-state index is 12.8. The maximum absolute atomic E-state index is 12.8. The van der Waals surface area contributed by atoms with Crippen LogP contribution in [0.5, 0.6) is 0 Å². The van der Waals surface area contributed by atoms with Gasteiger partial charge in [-0.1, -0.05) is 38.1 Å². The van der Waals surface area contributed by atoms with Crippen LogP contribution < -0.4 is 16.2 Å². The first-order valence-electron chi connectivity index (χ1n) is 8.00. The predicted octanol–water partition coefficient (Wildman–Crippen LogP) is 0.992. The molecule has 1 aliphatic rings. The van der Waals surface area contributed by atoms with Gasteiger partial charge in [0.15, 0.2) is 12.1 Å². The summed E-state index contributed by atoms with van der Waals surface area (Å²) in [5.41, 5.74) is 4.77. The number of Topliss-reactive ketones (excluding diaryl/α,β-unsaturated/α-hetero) is 1. The molecule has 1 aromatic rings. The molecule has 1 heterocycles. The Bertz CT molecular complexity index is 744. The van der Waals surface area contributed by atoms with E-state index in [2.05, 4.69) is 22.7 Å². The highest BCUT2D eigenvalue weighted by molar-refractivity contribution is 6.01. The highest BCUT2D eigenvalue weighted by Crippen LogP contribution is 2.26. The van der Waals surface area contributed by atoms with Gasteiger partial charge in [0.1, 0.15) is 18.7 Å². The van der Waals surface area contributed by atoms with Crippen LogP contribution in [0.3, 0.4) is 0 Å². The fourth-order valence-electron chi connectivity index (χ4n) is 2.59. The van der Waals surface area contributed by atoms with Crippen LogP contribution in [-0.4, -0.2) is 42.8 Å². The molecule has 1 aliphatic heterocycles. The Hall–Kier alpha value is -3.00. The Kier molecular flexibility index (Phi) is 5.89. The molecule has 0 spiro atoms. The number of aldehydes is 1. The van der Waals surface area contributed by atoms with E-state index >= 15 is 0 Å². The number of nitrogens with one attached hydrogen (secondary N) is 3. The average Bonchev–Trinajstić information content (AvgIpc) is 2.63. The van der Waals surface area contributed by atoms with Crippen LogP contribution in [0, 0.1) is 5.41 Å². The van der Waals surface area contributed by atoms with E-state index in [1.165, 1.54) is 18.2 Å². The summed E-state index contributed by atoms with van der Waals surface area (Å²) < 4.78 is 4.92. The maximum Gasteiger partial charge on any atom is 0.407 e. The zero-order valence-corrected chi connectivity index (χ0v) is 14.6. The molecule has 8 nitrogen and oxygen atoms in total. The third kappa shape index (κ3) is 4.15. The number of rotatable bonds is 7. The molecule has 26 heavy (non-hydrogen) atoms. The third-order valence-electron chi connectivity index (χ3n) is 4.12. The number of alkyl carbamates (subject to hydrolysis) is 1. The first-order chi connectivity index (χ1) is 12.3. The second-order valence-electron chi connectivity index (χ2n) is 6.56. The molecule has 0 radical (unpaired) electrons. The van der Waals surface area contributed by atoms with E-state index < -0.39 is 29.5 Å². The van der Waals surface area contributed by atoms with Gasteiger partial charge < -0.3 is 10.1 Å². The van der Waals surface area contributed by atoms with Crippen LogP contribution in [0.15, 0.2) is 36.9 Å². The van der Waals surface area contributed by atoms with Crippen LogP contribution in [-0.2, 0) is 9.53 Å². The van der Waals surface area contributed by atoms with Crippen molar-refractivity contribution < 1.29 is 23.9 Å². The summed E-state index contributed by atoms with van der Waals surface area (Å²) in [7, 11) is 0. The Morgan fingerprint density at radius 3 is 2.73 bits per heavy atom. The number of ketones is 1.